The molecule has 0 amide bonds. The third-order valence-electron chi connectivity index (χ3n) is 4.84. The van der Waals surface area contributed by atoms with E-state index in [0.717, 1.165) is 47.1 Å². The lowest BCUT2D eigenvalue weighted by Crippen LogP contribution is -2.37. The van der Waals surface area contributed by atoms with Crippen molar-refractivity contribution in [1.29, 1.82) is 0 Å². The molecule has 0 N–H and O–H groups in total. The zero-order valence-electron chi connectivity index (χ0n) is 15.8. The smallest absolute Gasteiger partial charge is 0.336 e. The van der Waals surface area contributed by atoms with Gasteiger partial charge in [-0.2, -0.15) is 0 Å². The molecule has 4 rings (SSSR count). The molecule has 9 heteroatoms. The van der Waals surface area contributed by atoms with Crippen molar-refractivity contribution in [3.8, 4) is 0 Å². The molecular weight excluding hydrogens is 400 g/mol. The molecule has 0 aliphatic carbocycles. The van der Waals surface area contributed by atoms with Crippen LogP contribution in [-0.2, 0) is 24.0 Å². The number of hydrogen-bond donors (Lipinski definition) is 0. The molecule has 7 nitrogen and oxygen atoms in total. The van der Waals surface area contributed by atoms with Gasteiger partial charge in [0.15, 0.2) is 5.16 Å². The maximum Gasteiger partial charge on any atom is 0.336 e. The zero-order chi connectivity index (χ0) is 19.7. The molecule has 1 aromatic carbocycles. The number of halogens is 1. The number of thioether (sulfide) groups is 1. The minimum Gasteiger partial charge on any atom is -0.423 e. The second-order valence-corrected chi connectivity index (χ2v) is 7.96. The summed E-state index contributed by atoms with van der Waals surface area (Å²) < 4.78 is 12.8. The first-order valence-corrected chi connectivity index (χ1v) is 10.5. The largest absolute Gasteiger partial charge is 0.423 e. The Morgan fingerprint density at radius 1 is 1.18 bits per heavy atom. The van der Waals surface area contributed by atoms with Crippen LogP contribution in [0.3, 0.4) is 0 Å². The molecule has 0 atom stereocenters. The average molecular weight is 421 g/mol. The molecule has 0 spiro atoms. The molecule has 3 aromatic rings. The predicted octanol–water partition coefficient (Wildman–Crippen LogP) is 3.27. The van der Waals surface area contributed by atoms with E-state index in [1.165, 1.54) is 17.8 Å². The number of nitrogens with zero attached hydrogens (tertiary/aromatic N) is 4. The van der Waals surface area contributed by atoms with Crippen molar-refractivity contribution in [3.05, 3.63) is 44.8 Å². The Kier molecular flexibility index (Phi) is 5.61. The van der Waals surface area contributed by atoms with Crippen LogP contribution in [0.25, 0.3) is 11.0 Å². The van der Waals surface area contributed by atoms with Gasteiger partial charge < -0.3 is 14.1 Å². The highest BCUT2D eigenvalue weighted by Crippen LogP contribution is 2.30. The first-order chi connectivity index (χ1) is 13.6. The second kappa shape index (κ2) is 8.14. The molecule has 1 aliphatic rings. The lowest BCUT2D eigenvalue weighted by molar-refractivity contribution is 0.121. The normalized spacial score (nSPS) is 14.8. The predicted molar refractivity (Wildman–Crippen MR) is 110 cm³/mol. The lowest BCUT2D eigenvalue weighted by atomic mass is 10.1. The molecule has 0 unspecified atom stereocenters. The SMILES string of the molecule is CCc1cc2oc(=O)cc(CSc3nnc(N4CCOCC4)n3C)c2cc1Cl. The fraction of sp³-hybridized carbons (Fsp3) is 0.421. The third-order valence-corrected chi connectivity index (χ3v) is 6.26. The number of ether oxygens (including phenoxy) is 1. The molecule has 3 heterocycles. The monoisotopic (exact) mass is 420 g/mol. The van der Waals surface area contributed by atoms with Crippen LogP contribution in [0, 0.1) is 0 Å². The highest BCUT2D eigenvalue weighted by atomic mass is 35.5. The summed E-state index contributed by atoms with van der Waals surface area (Å²) in [6, 6.07) is 5.26. The summed E-state index contributed by atoms with van der Waals surface area (Å²) in [7, 11) is 1.95. The van der Waals surface area contributed by atoms with Gasteiger partial charge in [-0.1, -0.05) is 30.3 Å². The van der Waals surface area contributed by atoms with Crippen LogP contribution in [0.2, 0.25) is 5.02 Å². The molecule has 28 heavy (non-hydrogen) atoms. The maximum atomic E-state index is 12.0. The van der Waals surface area contributed by atoms with Crippen molar-refractivity contribution in [1.82, 2.24) is 14.8 Å². The van der Waals surface area contributed by atoms with Crippen molar-refractivity contribution in [2.75, 3.05) is 31.2 Å². The van der Waals surface area contributed by atoms with Gasteiger partial charge in [0.25, 0.3) is 0 Å². The van der Waals surface area contributed by atoms with Gasteiger partial charge in [-0.3, -0.25) is 4.57 Å². The maximum absolute atomic E-state index is 12.0. The second-order valence-electron chi connectivity index (χ2n) is 6.61. The van der Waals surface area contributed by atoms with E-state index in [0.29, 0.717) is 29.6 Å². The Hall–Kier alpha value is -2.03. The number of fused-ring (bicyclic) bond motifs is 1. The Balaban J connectivity index is 1.60. The minimum absolute atomic E-state index is 0.362. The van der Waals surface area contributed by atoms with E-state index in [2.05, 4.69) is 15.1 Å². The van der Waals surface area contributed by atoms with Gasteiger partial charge in [0, 0.05) is 42.4 Å². The highest BCUT2D eigenvalue weighted by molar-refractivity contribution is 7.98. The van der Waals surface area contributed by atoms with Crippen LogP contribution in [0.15, 0.2) is 32.6 Å². The van der Waals surface area contributed by atoms with Crippen molar-refractivity contribution in [3.63, 3.8) is 0 Å². The van der Waals surface area contributed by atoms with Crippen LogP contribution in [0.4, 0.5) is 5.95 Å². The summed E-state index contributed by atoms with van der Waals surface area (Å²) in [5.41, 5.74) is 2.04. The van der Waals surface area contributed by atoms with Crippen LogP contribution in [-0.4, -0.2) is 41.1 Å². The van der Waals surface area contributed by atoms with E-state index in [1.807, 2.05) is 30.7 Å². The Labute approximate surface area is 171 Å². The summed E-state index contributed by atoms with van der Waals surface area (Å²) in [5, 5.41) is 11.0. The summed E-state index contributed by atoms with van der Waals surface area (Å²) in [5.74, 6) is 1.40. The molecule has 0 saturated carbocycles. The molecular formula is C19H21ClN4O3S. The molecule has 2 aromatic heterocycles. The minimum atomic E-state index is -0.362. The van der Waals surface area contributed by atoms with Gasteiger partial charge >= 0.3 is 5.63 Å². The van der Waals surface area contributed by atoms with Crippen LogP contribution >= 0.6 is 23.4 Å². The lowest BCUT2D eigenvalue weighted by Gasteiger charge is -2.27. The first kappa shape index (κ1) is 19.3. The molecule has 1 saturated heterocycles. The van der Waals surface area contributed by atoms with Crippen molar-refractivity contribution in [2.45, 2.75) is 24.3 Å². The summed E-state index contributed by atoms with van der Waals surface area (Å²) in [4.78, 5) is 14.2. The van der Waals surface area contributed by atoms with Crippen LogP contribution in [0.1, 0.15) is 18.1 Å². The topological polar surface area (TPSA) is 73.4 Å². The van der Waals surface area contributed by atoms with Gasteiger partial charge in [0.2, 0.25) is 5.95 Å². The van der Waals surface area contributed by atoms with E-state index in [4.69, 9.17) is 20.8 Å². The van der Waals surface area contributed by atoms with Gasteiger partial charge in [0.05, 0.1) is 13.2 Å². The molecule has 148 valence electrons. The fourth-order valence-corrected chi connectivity index (χ4v) is 4.49. The Morgan fingerprint density at radius 3 is 2.71 bits per heavy atom. The van der Waals surface area contributed by atoms with Crippen molar-refractivity contribution >= 4 is 40.3 Å². The number of aryl methyl sites for hydroxylation is 1. The number of morpholine rings is 1. The van der Waals surface area contributed by atoms with Crippen molar-refractivity contribution in [2.24, 2.45) is 7.05 Å². The van der Waals surface area contributed by atoms with E-state index in [1.54, 1.807) is 0 Å². The number of hydrogen-bond acceptors (Lipinski definition) is 7. The van der Waals surface area contributed by atoms with Gasteiger partial charge in [0.1, 0.15) is 5.58 Å². The standard InChI is InChI=1S/C19H21ClN4O3S/c1-3-12-8-16-14(10-15(12)20)13(9-17(25)27-16)11-28-19-22-21-18(23(19)2)24-4-6-26-7-5-24/h8-10H,3-7,11H2,1-2H3. The number of rotatable bonds is 5. The van der Waals surface area contributed by atoms with E-state index >= 15 is 0 Å². The van der Waals surface area contributed by atoms with Crippen molar-refractivity contribution < 1.29 is 9.15 Å². The van der Waals surface area contributed by atoms with Gasteiger partial charge in [-0.25, -0.2) is 4.79 Å². The molecule has 1 aliphatic heterocycles. The molecule has 0 radical (unpaired) electrons. The number of aromatic nitrogens is 3. The summed E-state index contributed by atoms with van der Waals surface area (Å²) in [6.07, 6.45) is 0.778. The number of anilines is 1. The summed E-state index contributed by atoms with van der Waals surface area (Å²) >= 11 is 7.91. The molecule has 1 fully saturated rings. The summed E-state index contributed by atoms with van der Waals surface area (Å²) in [6.45, 7) is 5.02. The zero-order valence-corrected chi connectivity index (χ0v) is 17.3. The fourth-order valence-electron chi connectivity index (χ4n) is 3.29. The highest BCUT2D eigenvalue weighted by Gasteiger charge is 2.19. The molecule has 0 bridgehead atoms. The Morgan fingerprint density at radius 2 is 1.96 bits per heavy atom. The van der Waals surface area contributed by atoms with E-state index in [-0.39, 0.29) is 5.63 Å². The average Bonchev–Trinajstić information content (AvgIpc) is 3.07. The number of benzene rings is 1. The van der Waals surface area contributed by atoms with Crippen LogP contribution in [0.5, 0.6) is 0 Å². The van der Waals surface area contributed by atoms with E-state index in [9.17, 15) is 4.79 Å². The van der Waals surface area contributed by atoms with Gasteiger partial charge in [-0.15, -0.1) is 10.2 Å². The van der Waals surface area contributed by atoms with E-state index < -0.39 is 0 Å². The van der Waals surface area contributed by atoms with Crippen LogP contribution < -0.4 is 10.5 Å². The Bertz CT molecular complexity index is 1060. The quantitative estimate of drug-likeness (QED) is 0.463. The third kappa shape index (κ3) is 3.76. The first-order valence-electron chi connectivity index (χ1n) is 9.17. The van der Waals surface area contributed by atoms with Gasteiger partial charge in [-0.05, 0) is 29.7 Å².